The lowest BCUT2D eigenvalue weighted by atomic mass is 10.1. The SMILES string of the molecule is Cc1ccc(NC(=O)CC(C)NCC(O)CN(C)C)c(C)c1. The van der Waals surface area contributed by atoms with Gasteiger partial charge in [-0.05, 0) is 46.5 Å². The van der Waals surface area contributed by atoms with E-state index in [4.69, 9.17) is 0 Å². The second-order valence-corrected chi connectivity index (χ2v) is 6.30. The second-order valence-electron chi connectivity index (χ2n) is 6.30. The minimum atomic E-state index is -0.431. The predicted molar refractivity (Wildman–Crippen MR) is 91.2 cm³/mol. The van der Waals surface area contributed by atoms with Gasteiger partial charge in [-0.3, -0.25) is 4.79 Å². The van der Waals surface area contributed by atoms with Gasteiger partial charge in [-0.15, -0.1) is 0 Å². The standard InChI is InChI=1S/C17H29N3O2/c1-12-6-7-16(13(2)8-12)19-17(22)9-14(3)18-10-15(21)11-20(4)5/h6-8,14-15,18,21H,9-11H2,1-5H3,(H,19,22). The molecule has 2 unspecified atom stereocenters. The molecule has 0 radical (unpaired) electrons. The Morgan fingerprint density at radius 3 is 2.59 bits per heavy atom. The van der Waals surface area contributed by atoms with Crippen LogP contribution < -0.4 is 10.6 Å². The monoisotopic (exact) mass is 307 g/mol. The van der Waals surface area contributed by atoms with E-state index >= 15 is 0 Å². The summed E-state index contributed by atoms with van der Waals surface area (Å²) in [7, 11) is 3.84. The number of rotatable bonds is 8. The molecule has 1 aromatic rings. The Labute approximate surface area is 133 Å². The summed E-state index contributed by atoms with van der Waals surface area (Å²) < 4.78 is 0. The van der Waals surface area contributed by atoms with E-state index in [0.717, 1.165) is 11.3 Å². The summed E-state index contributed by atoms with van der Waals surface area (Å²) in [6.45, 7) is 7.06. The smallest absolute Gasteiger partial charge is 0.225 e. The molecule has 0 bridgehead atoms. The normalized spacial score (nSPS) is 14.0. The van der Waals surface area contributed by atoms with Crippen LogP contribution in [0.4, 0.5) is 5.69 Å². The Bertz CT molecular complexity index is 489. The summed E-state index contributed by atoms with van der Waals surface area (Å²) in [5.74, 6) is -0.0194. The van der Waals surface area contributed by atoms with Crippen molar-refractivity contribution in [1.82, 2.24) is 10.2 Å². The summed E-state index contributed by atoms with van der Waals surface area (Å²) in [5.41, 5.74) is 3.10. The minimum Gasteiger partial charge on any atom is -0.390 e. The fraction of sp³-hybridized carbons (Fsp3) is 0.588. The maximum absolute atomic E-state index is 12.1. The maximum Gasteiger partial charge on any atom is 0.225 e. The fourth-order valence-corrected chi connectivity index (χ4v) is 2.33. The maximum atomic E-state index is 12.1. The number of aliphatic hydroxyl groups is 1. The lowest BCUT2D eigenvalue weighted by Gasteiger charge is -2.19. The molecular formula is C17H29N3O2. The molecule has 124 valence electrons. The molecule has 0 saturated carbocycles. The molecule has 0 aromatic heterocycles. The van der Waals surface area contributed by atoms with Crippen LogP contribution in [0.2, 0.25) is 0 Å². The molecule has 2 atom stereocenters. The molecular weight excluding hydrogens is 278 g/mol. The number of aliphatic hydroxyl groups excluding tert-OH is 1. The molecule has 0 saturated heterocycles. The number of hydrogen-bond donors (Lipinski definition) is 3. The molecule has 0 aliphatic rings. The van der Waals surface area contributed by atoms with Gasteiger partial charge in [-0.1, -0.05) is 17.7 Å². The van der Waals surface area contributed by atoms with Crippen molar-refractivity contribution in [3.8, 4) is 0 Å². The molecule has 0 heterocycles. The van der Waals surface area contributed by atoms with E-state index in [2.05, 4.69) is 16.7 Å². The van der Waals surface area contributed by atoms with E-state index in [1.807, 2.05) is 51.9 Å². The molecule has 5 heteroatoms. The van der Waals surface area contributed by atoms with Crippen LogP contribution in [0.15, 0.2) is 18.2 Å². The van der Waals surface area contributed by atoms with Crippen LogP contribution in [0.25, 0.3) is 0 Å². The van der Waals surface area contributed by atoms with E-state index in [1.165, 1.54) is 5.56 Å². The lowest BCUT2D eigenvalue weighted by molar-refractivity contribution is -0.116. The van der Waals surface area contributed by atoms with E-state index < -0.39 is 6.10 Å². The van der Waals surface area contributed by atoms with Gasteiger partial charge in [0.25, 0.3) is 0 Å². The average molecular weight is 307 g/mol. The molecule has 22 heavy (non-hydrogen) atoms. The van der Waals surface area contributed by atoms with Crippen LogP contribution in [0.1, 0.15) is 24.5 Å². The first-order valence-corrected chi connectivity index (χ1v) is 7.71. The zero-order valence-electron chi connectivity index (χ0n) is 14.3. The van der Waals surface area contributed by atoms with Gasteiger partial charge in [0.1, 0.15) is 0 Å². The highest BCUT2D eigenvalue weighted by Crippen LogP contribution is 2.16. The van der Waals surface area contributed by atoms with Gasteiger partial charge in [0.15, 0.2) is 0 Å². The van der Waals surface area contributed by atoms with Crippen molar-refractivity contribution >= 4 is 11.6 Å². The van der Waals surface area contributed by atoms with Crippen molar-refractivity contribution in [3.05, 3.63) is 29.3 Å². The number of carbonyl (C=O) groups excluding carboxylic acids is 1. The molecule has 0 aliphatic heterocycles. The summed E-state index contributed by atoms with van der Waals surface area (Å²) in [6.07, 6.45) is -0.0537. The molecule has 5 nitrogen and oxygen atoms in total. The Balaban J connectivity index is 2.38. The van der Waals surface area contributed by atoms with Crippen LogP contribution in [-0.2, 0) is 4.79 Å². The Morgan fingerprint density at radius 2 is 2.00 bits per heavy atom. The fourth-order valence-electron chi connectivity index (χ4n) is 2.33. The highest BCUT2D eigenvalue weighted by Gasteiger charge is 2.12. The van der Waals surface area contributed by atoms with Crippen molar-refractivity contribution in [1.29, 1.82) is 0 Å². The third kappa shape index (κ3) is 7.02. The number of nitrogens with zero attached hydrogens (tertiary/aromatic N) is 1. The van der Waals surface area contributed by atoms with Crippen molar-refractivity contribution in [2.45, 2.75) is 39.3 Å². The minimum absolute atomic E-state index is 0.0163. The number of anilines is 1. The molecule has 0 spiro atoms. The van der Waals surface area contributed by atoms with Crippen molar-refractivity contribution in [2.24, 2.45) is 0 Å². The largest absolute Gasteiger partial charge is 0.390 e. The van der Waals surface area contributed by atoms with Gasteiger partial charge in [0, 0.05) is 31.2 Å². The second kappa shape index (κ2) is 8.88. The van der Waals surface area contributed by atoms with Crippen LogP contribution in [0.3, 0.4) is 0 Å². The predicted octanol–water partition coefficient (Wildman–Crippen LogP) is 1.53. The third-order valence-electron chi connectivity index (χ3n) is 3.43. The molecule has 1 aromatic carbocycles. The van der Waals surface area contributed by atoms with E-state index in [9.17, 15) is 9.90 Å². The van der Waals surface area contributed by atoms with Crippen LogP contribution in [0.5, 0.6) is 0 Å². The molecule has 0 fully saturated rings. The van der Waals surface area contributed by atoms with Crippen LogP contribution in [0, 0.1) is 13.8 Å². The highest BCUT2D eigenvalue weighted by molar-refractivity contribution is 5.91. The molecule has 1 amide bonds. The first kappa shape index (κ1) is 18.6. The zero-order valence-corrected chi connectivity index (χ0v) is 14.3. The number of amides is 1. The Kier molecular flexibility index (Phi) is 7.51. The van der Waals surface area contributed by atoms with Gasteiger partial charge >= 0.3 is 0 Å². The first-order chi connectivity index (χ1) is 10.3. The van der Waals surface area contributed by atoms with Gasteiger partial charge < -0.3 is 20.6 Å². The first-order valence-electron chi connectivity index (χ1n) is 7.71. The summed E-state index contributed by atoms with van der Waals surface area (Å²) >= 11 is 0. The number of hydrogen-bond acceptors (Lipinski definition) is 4. The van der Waals surface area contributed by atoms with E-state index in [1.54, 1.807) is 0 Å². The summed E-state index contributed by atoms with van der Waals surface area (Å²) in [5, 5.41) is 15.9. The number of benzene rings is 1. The third-order valence-corrected chi connectivity index (χ3v) is 3.43. The topological polar surface area (TPSA) is 64.6 Å². The van der Waals surface area contributed by atoms with Gasteiger partial charge in [0.05, 0.1) is 6.10 Å². The van der Waals surface area contributed by atoms with Crippen molar-refractivity contribution < 1.29 is 9.90 Å². The summed E-state index contributed by atoms with van der Waals surface area (Å²) in [6, 6.07) is 5.99. The van der Waals surface area contributed by atoms with Gasteiger partial charge in [-0.25, -0.2) is 0 Å². The quantitative estimate of drug-likeness (QED) is 0.681. The average Bonchev–Trinajstić information content (AvgIpc) is 2.39. The van der Waals surface area contributed by atoms with Crippen molar-refractivity contribution in [2.75, 3.05) is 32.5 Å². The number of nitrogens with one attached hydrogen (secondary N) is 2. The number of aryl methyl sites for hydroxylation is 2. The van der Waals surface area contributed by atoms with E-state index in [-0.39, 0.29) is 11.9 Å². The number of likely N-dealkylation sites (N-methyl/N-ethyl adjacent to an activating group) is 1. The van der Waals surface area contributed by atoms with Gasteiger partial charge in [-0.2, -0.15) is 0 Å². The van der Waals surface area contributed by atoms with Gasteiger partial charge in [0.2, 0.25) is 5.91 Å². The summed E-state index contributed by atoms with van der Waals surface area (Å²) in [4.78, 5) is 14.0. The lowest BCUT2D eigenvalue weighted by Crippen LogP contribution is -2.40. The highest BCUT2D eigenvalue weighted by atomic mass is 16.3. The molecule has 3 N–H and O–H groups in total. The van der Waals surface area contributed by atoms with Crippen LogP contribution >= 0.6 is 0 Å². The molecule has 0 aliphatic carbocycles. The molecule has 1 rings (SSSR count). The zero-order chi connectivity index (χ0) is 16.7. The number of carbonyl (C=O) groups is 1. The van der Waals surface area contributed by atoms with E-state index in [0.29, 0.717) is 19.5 Å². The Hall–Kier alpha value is -1.43. The van der Waals surface area contributed by atoms with Crippen LogP contribution in [-0.4, -0.2) is 55.2 Å². The Morgan fingerprint density at radius 1 is 1.32 bits per heavy atom. The van der Waals surface area contributed by atoms with Crippen molar-refractivity contribution in [3.63, 3.8) is 0 Å².